The first-order chi connectivity index (χ1) is 7.26. The first kappa shape index (κ1) is 11.6. The van der Waals surface area contributed by atoms with Crippen LogP contribution >= 0.6 is 0 Å². The molecule has 0 aliphatic rings. The number of nitrogens with one attached hydrogen (secondary N) is 2. The zero-order valence-electron chi connectivity index (χ0n) is 8.47. The molecule has 0 aliphatic carbocycles. The number of hydrogen-bond donors (Lipinski definition) is 4. The fraction of sp³-hybridized carbons (Fsp3) is 0.500. The smallest absolute Gasteiger partial charge is 0.160 e. The highest BCUT2D eigenvalue weighted by molar-refractivity contribution is 5.40. The van der Waals surface area contributed by atoms with Gasteiger partial charge in [-0.05, 0) is 0 Å². The Kier molecular flexibility index (Phi) is 4.75. The molecule has 7 heteroatoms. The van der Waals surface area contributed by atoms with E-state index < -0.39 is 6.10 Å². The highest BCUT2D eigenvalue weighted by Gasteiger charge is 2.03. The van der Waals surface area contributed by atoms with E-state index in [0.29, 0.717) is 18.2 Å². The molecule has 1 atom stereocenters. The Balaban J connectivity index is 2.43. The number of nitrogens with two attached hydrogens (primary N) is 1. The van der Waals surface area contributed by atoms with Crippen molar-refractivity contribution in [3.05, 3.63) is 12.4 Å². The van der Waals surface area contributed by atoms with Crippen LogP contribution in [0.2, 0.25) is 0 Å². The molecule has 1 unspecified atom stereocenters. The van der Waals surface area contributed by atoms with Crippen LogP contribution in [0.25, 0.3) is 0 Å². The number of anilines is 2. The van der Waals surface area contributed by atoms with E-state index in [0.717, 1.165) is 0 Å². The summed E-state index contributed by atoms with van der Waals surface area (Å²) in [7, 11) is 1.53. The van der Waals surface area contributed by atoms with E-state index in [4.69, 9.17) is 10.6 Å². The Bertz CT molecular complexity index is 296. The first-order valence-corrected chi connectivity index (χ1v) is 4.45. The average Bonchev–Trinajstić information content (AvgIpc) is 2.27. The molecule has 0 aromatic carbocycles. The predicted molar refractivity (Wildman–Crippen MR) is 56.2 cm³/mol. The predicted octanol–water partition coefficient (Wildman–Crippen LogP) is -0.819. The third-order valence-corrected chi connectivity index (χ3v) is 1.66. The van der Waals surface area contributed by atoms with Crippen LogP contribution in [0.15, 0.2) is 12.4 Å². The Labute approximate surface area is 87.6 Å². The summed E-state index contributed by atoms with van der Waals surface area (Å²) in [5, 5.41) is 12.3. The Morgan fingerprint density at radius 2 is 2.27 bits per heavy atom. The van der Waals surface area contributed by atoms with Gasteiger partial charge in [0.25, 0.3) is 0 Å². The van der Waals surface area contributed by atoms with Crippen molar-refractivity contribution < 1.29 is 9.84 Å². The number of nitrogen functional groups attached to an aromatic ring is 1. The average molecular weight is 213 g/mol. The molecule has 0 amide bonds. The van der Waals surface area contributed by atoms with E-state index in [1.54, 1.807) is 6.20 Å². The van der Waals surface area contributed by atoms with Crippen LogP contribution < -0.4 is 16.6 Å². The standard InChI is InChI=1S/C8H15N5O2/c1-15-5-6(14)2-11-7-3-10-4-8(12-7)13-9/h3-4,6,14H,2,5,9H2,1H3,(H2,11,12,13). The van der Waals surface area contributed by atoms with E-state index in [-0.39, 0.29) is 6.61 Å². The van der Waals surface area contributed by atoms with Gasteiger partial charge in [0, 0.05) is 13.7 Å². The van der Waals surface area contributed by atoms with Crippen LogP contribution in [0.3, 0.4) is 0 Å². The molecule has 15 heavy (non-hydrogen) atoms. The van der Waals surface area contributed by atoms with Crippen molar-refractivity contribution in [2.75, 3.05) is 31.0 Å². The van der Waals surface area contributed by atoms with Crippen LogP contribution in [0.1, 0.15) is 0 Å². The number of methoxy groups -OCH3 is 1. The SMILES string of the molecule is COCC(O)CNc1cncc(NN)n1. The van der Waals surface area contributed by atoms with Gasteiger partial charge in [-0.2, -0.15) is 0 Å². The van der Waals surface area contributed by atoms with Gasteiger partial charge in [-0.25, -0.2) is 10.8 Å². The number of hydrazine groups is 1. The second kappa shape index (κ2) is 6.12. The molecule has 7 nitrogen and oxygen atoms in total. The number of hydrogen-bond acceptors (Lipinski definition) is 7. The van der Waals surface area contributed by atoms with E-state index in [2.05, 4.69) is 20.7 Å². The Morgan fingerprint density at radius 1 is 1.53 bits per heavy atom. The number of ether oxygens (including phenoxy) is 1. The van der Waals surface area contributed by atoms with Gasteiger partial charge in [-0.1, -0.05) is 0 Å². The summed E-state index contributed by atoms with van der Waals surface area (Å²) < 4.78 is 4.78. The molecule has 0 spiro atoms. The summed E-state index contributed by atoms with van der Waals surface area (Å²) in [5.41, 5.74) is 2.38. The molecule has 0 radical (unpaired) electrons. The summed E-state index contributed by atoms with van der Waals surface area (Å²) in [6.07, 6.45) is 2.46. The summed E-state index contributed by atoms with van der Waals surface area (Å²) in [6.45, 7) is 0.617. The lowest BCUT2D eigenvalue weighted by atomic mass is 10.4. The van der Waals surface area contributed by atoms with Crippen molar-refractivity contribution in [2.45, 2.75) is 6.10 Å². The normalized spacial score (nSPS) is 12.2. The molecule has 1 heterocycles. The molecule has 1 aromatic rings. The van der Waals surface area contributed by atoms with E-state index in [1.807, 2.05) is 0 Å². The molecule has 0 fully saturated rings. The van der Waals surface area contributed by atoms with Gasteiger partial charge >= 0.3 is 0 Å². The second-order valence-corrected chi connectivity index (χ2v) is 2.92. The molecular weight excluding hydrogens is 198 g/mol. The van der Waals surface area contributed by atoms with Crippen molar-refractivity contribution >= 4 is 11.6 Å². The fourth-order valence-electron chi connectivity index (χ4n) is 0.994. The lowest BCUT2D eigenvalue weighted by Gasteiger charge is -2.11. The van der Waals surface area contributed by atoms with Gasteiger partial charge in [0.1, 0.15) is 5.82 Å². The van der Waals surface area contributed by atoms with Crippen molar-refractivity contribution in [1.29, 1.82) is 0 Å². The summed E-state index contributed by atoms with van der Waals surface area (Å²) in [6, 6.07) is 0. The number of aliphatic hydroxyl groups excluding tert-OH is 1. The zero-order chi connectivity index (χ0) is 11.1. The third kappa shape index (κ3) is 4.07. The monoisotopic (exact) mass is 213 g/mol. The lowest BCUT2D eigenvalue weighted by molar-refractivity contribution is 0.0727. The Hall–Kier alpha value is -1.44. The molecule has 0 bridgehead atoms. The van der Waals surface area contributed by atoms with Crippen LogP contribution in [0.4, 0.5) is 11.6 Å². The molecule has 1 aromatic heterocycles. The molecule has 0 saturated heterocycles. The minimum atomic E-state index is -0.578. The van der Waals surface area contributed by atoms with Gasteiger partial charge in [0.15, 0.2) is 5.82 Å². The Morgan fingerprint density at radius 3 is 2.93 bits per heavy atom. The highest BCUT2D eigenvalue weighted by atomic mass is 16.5. The molecule has 0 saturated carbocycles. The number of rotatable bonds is 6. The van der Waals surface area contributed by atoms with Gasteiger partial charge < -0.3 is 20.6 Å². The molecular formula is C8H15N5O2. The van der Waals surface area contributed by atoms with Crippen LogP contribution in [-0.2, 0) is 4.74 Å². The van der Waals surface area contributed by atoms with Gasteiger partial charge in [-0.3, -0.25) is 4.98 Å². The summed E-state index contributed by atoms with van der Waals surface area (Å²) in [5.74, 6) is 6.17. The van der Waals surface area contributed by atoms with Crippen LogP contribution in [0.5, 0.6) is 0 Å². The minimum absolute atomic E-state index is 0.273. The van der Waals surface area contributed by atoms with Gasteiger partial charge in [0.2, 0.25) is 0 Å². The molecule has 84 valence electrons. The van der Waals surface area contributed by atoms with E-state index in [1.165, 1.54) is 13.3 Å². The molecule has 1 rings (SSSR count). The quantitative estimate of drug-likeness (QED) is 0.361. The largest absolute Gasteiger partial charge is 0.389 e. The van der Waals surface area contributed by atoms with E-state index >= 15 is 0 Å². The topological polar surface area (TPSA) is 105 Å². The summed E-state index contributed by atoms with van der Waals surface area (Å²) in [4.78, 5) is 7.96. The van der Waals surface area contributed by atoms with Crippen molar-refractivity contribution in [1.82, 2.24) is 9.97 Å². The maximum Gasteiger partial charge on any atom is 0.160 e. The molecule has 5 N–H and O–H groups in total. The first-order valence-electron chi connectivity index (χ1n) is 4.45. The zero-order valence-corrected chi connectivity index (χ0v) is 8.47. The molecule has 0 aliphatic heterocycles. The third-order valence-electron chi connectivity index (χ3n) is 1.66. The van der Waals surface area contributed by atoms with E-state index in [9.17, 15) is 5.11 Å². The maximum atomic E-state index is 9.36. The van der Waals surface area contributed by atoms with Crippen molar-refractivity contribution in [3.8, 4) is 0 Å². The fourth-order valence-corrected chi connectivity index (χ4v) is 0.994. The highest BCUT2D eigenvalue weighted by Crippen LogP contribution is 2.04. The minimum Gasteiger partial charge on any atom is -0.389 e. The maximum absolute atomic E-state index is 9.36. The number of aromatic nitrogens is 2. The van der Waals surface area contributed by atoms with Gasteiger partial charge in [0.05, 0.1) is 25.1 Å². The van der Waals surface area contributed by atoms with Crippen LogP contribution in [-0.4, -0.2) is 41.4 Å². The number of aliphatic hydroxyl groups is 1. The van der Waals surface area contributed by atoms with Crippen LogP contribution in [0, 0.1) is 0 Å². The van der Waals surface area contributed by atoms with Crippen molar-refractivity contribution in [2.24, 2.45) is 5.84 Å². The van der Waals surface area contributed by atoms with Gasteiger partial charge in [-0.15, -0.1) is 0 Å². The summed E-state index contributed by atoms with van der Waals surface area (Å²) >= 11 is 0. The van der Waals surface area contributed by atoms with Crippen molar-refractivity contribution in [3.63, 3.8) is 0 Å². The second-order valence-electron chi connectivity index (χ2n) is 2.92. The lowest BCUT2D eigenvalue weighted by Crippen LogP contribution is -2.24. The number of nitrogens with zero attached hydrogens (tertiary/aromatic N) is 2.